The summed E-state index contributed by atoms with van der Waals surface area (Å²) in [5.41, 5.74) is 1.74. The second-order valence-electron chi connectivity index (χ2n) is 9.25. The Morgan fingerprint density at radius 3 is 2.38 bits per heavy atom. The summed E-state index contributed by atoms with van der Waals surface area (Å²) < 4.78 is 38.7. The third-order valence-electron chi connectivity index (χ3n) is 6.98. The molecule has 0 amide bonds. The van der Waals surface area contributed by atoms with Gasteiger partial charge in [0, 0.05) is 57.1 Å². The van der Waals surface area contributed by atoms with Crippen molar-refractivity contribution in [3.8, 4) is 11.5 Å². The predicted molar refractivity (Wildman–Crippen MR) is 139 cm³/mol. The average Bonchev–Trinajstić information content (AvgIpc) is 2.94. The van der Waals surface area contributed by atoms with Crippen LogP contribution in [0.1, 0.15) is 18.4 Å². The van der Waals surface area contributed by atoms with Gasteiger partial charge in [0.2, 0.25) is 5.95 Å². The molecule has 2 fully saturated rings. The molecule has 2 aliphatic rings. The maximum absolute atomic E-state index is 13.8. The van der Waals surface area contributed by atoms with E-state index in [-0.39, 0.29) is 12.2 Å². The van der Waals surface area contributed by atoms with E-state index in [0.29, 0.717) is 17.7 Å². The van der Waals surface area contributed by atoms with Crippen molar-refractivity contribution in [1.82, 2.24) is 20.2 Å². The van der Waals surface area contributed by atoms with Crippen molar-refractivity contribution < 1.29 is 18.3 Å². The molecule has 3 heterocycles. The number of anilines is 3. The van der Waals surface area contributed by atoms with E-state index in [1.165, 1.54) is 30.6 Å². The first kappa shape index (κ1) is 25.2. The molecule has 0 saturated carbocycles. The number of benzene rings is 2. The van der Waals surface area contributed by atoms with Crippen molar-refractivity contribution in [2.24, 2.45) is 0 Å². The molecule has 2 saturated heterocycles. The summed E-state index contributed by atoms with van der Waals surface area (Å²) >= 11 is 0. The van der Waals surface area contributed by atoms with Crippen molar-refractivity contribution in [1.29, 1.82) is 0 Å². The lowest BCUT2D eigenvalue weighted by Gasteiger charge is -2.41. The molecule has 0 atom stereocenters. The first-order valence-electron chi connectivity index (χ1n) is 12.6. The summed E-state index contributed by atoms with van der Waals surface area (Å²) in [6.45, 7) is 6.17. The first-order valence-corrected chi connectivity index (χ1v) is 12.6. The summed E-state index contributed by atoms with van der Waals surface area (Å²) in [6.07, 6.45) is 5.22. The molecule has 2 aliphatic heterocycles. The number of aromatic nitrogens is 2. The van der Waals surface area contributed by atoms with E-state index in [0.717, 1.165) is 69.2 Å². The molecular formula is C27H32F2N6O2. The van der Waals surface area contributed by atoms with Gasteiger partial charge in [-0.3, -0.25) is 4.90 Å². The number of ether oxygens (including phenoxy) is 2. The average molecular weight is 511 g/mol. The largest absolute Gasteiger partial charge is 0.495 e. The Kier molecular flexibility index (Phi) is 7.96. The van der Waals surface area contributed by atoms with Gasteiger partial charge in [-0.05, 0) is 37.1 Å². The Labute approximate surface area is 215 Å². The molecule has 3 aromatic rings. The summed E-state index contributed by atoms with van der Waals surface area (Å²) in [6, 6.07) is 10.3. The second kappa shape index (κ2) is 11.7. The van der Waals surface area contributed by atoms with Crippen LogP contribution < -0.4 is 25.0 Å². The highest BCUT2D eigenvalue weighted by Gasteiger charge is 2.26. The van der Waals surface area contributed by atoms with Crippen LogP contribution in [-0.4, -0.2) is 67.3 Å². The lowest BCUT2D eigenvalue weighted by molar-refractivity contribution is 0.150. The Bertz CT molecular complexity index is 1160. The Balaban J connectivity index is 1.18. The molecule has 5 rings (SSSR count). The number of hydrogen-bond donors (Lipinski definition) is 2. The molecule has 0 spiro atoms. The van der Waals surface area contributed by atoms with E-state index in [4.69, 9.17) is 9.47 Å². The highest BCUT2D eigenvalue weighted by atomic mass is 19.1. The maximum atomic E-state index is 13.8. The zero-order chi connectivity index (χ0) is 25.6. The van der Waals surface area contributed by atoms with E-state index >= 15 is 0 Å². The van der Waals surface area contributed by atoms with Crippen LogP contribution in [0.15, 0.2) is 48.8 Å². The van der Waals surface area contributed by atoms with E-state index in [9.17, 15) is 8.78 Å². The second-order valence-corrected chi connectivity index (χ2v) is 9.25. The number of halogens is 2. The minimum Gasteiger partial charge on any atom is -0.495 e. The highest BCUT2D eigenvalue weighted by Crippen LogP contribution is 2.34. The van der Waals surface area contributed by atoms with Gasteiger partial charge in [0.05, 0.1) is 30.8 Å². The summed E-state index contributed by atoms with van der Waals surface area (Å²) in [5, 5.41) is 6.60. The monoisotopic (exact) mass is 510 g/mol. The molecule has 0 radical (unpaired) electrons. The van der Waals surface area contributed by atoms with Gasteiger partial charge in [-0.15, -0.1) is 0 Å². The van der Waals surface area contributed by atoms with Crippen LogP contribution in [0.25, 0.3) is 0 Å². The molecule has 37 heavy (non-hydrogen) atoms. The SMILES string of the molecule is COc1cc(Nc2ncc(OCc3c(F)cccc3F)cn2)ccc1N1CCC(N2CCNCC2)CC1. The first-order chi connectivity index (χ1) is 18.1. The third-order valence-corrected chi connectivity index (χ3v) is 6.98. The van der Waals surface area contributed by atoms with Gasteiger partial charge in [-0.1, -0.05) is 6.07 Å². The molecule has 0 unspecified atom stereocenters. The summed E-state index contributed by atoms with van der Waals surface area (Å²) in [5.74, 6) is 0.167. The zero-order valence-electron chi connectivity index (χ0n) is 20.9. The Hall–Kier alpha value is -3.50. The van der Waals surface area contributed by atoms with Gasteiger partial charge in [0.15, 0.2) is 5.75 Å². The van der Waals surface area contributed by atoms with Crippen LogP contribution in [-0.2, 0) is 6.61 Å². The number of hydrogen-bond acceptors (Lipinski definition) is 8. The summed E-state index contributed by atoms with van der Waals surface area (Å²) in [7, 11) is 1.68. The standard InChI is InChI=1S/C27H32F2N6O2/c1-36-26-15-19(5-6-25(26)35-11-7-20(8-12-35)34-13-9-30-10-14-34)33-27-31-16-21(17-32-27)37-18-22-23(28)3-2-4-24(22)29/h2-6,15-17,20,30H,7-14,18H2,1H3,(H,31,32,33). The number of piperazine rings is 1. The van der Waals surface area contributed by atoms with Crippen LogP contribution in [0.4, 0.5) is 26.1 Å². The lowest BCUT2D eigenvalue weighted by atomic mass is 10.0. The molecule has 2 N–H and O–H groups in total. The molecule has 1 aromatic heterocycles. The molecular weight excluding hydrogens is 478 g/mol. The third kappa shape index (κ3) is 6.08. The van der Waals surface area contributed by atoms with Gasteiger partial charge in [-0.2, -0.15) is 0 Å². The Morgan fingerprint density at radius 2 is 1.70 bits per heavy atom. The van der Waals surface area contributed by atoms with E-state index in [1.807, 2.05) is 12.1 Å². The molecule has 8 nitrogen and oxygen atoms in total. The number of nitrogens with zero attached hydrogens (tertiary/aromatic N) is 4. The minimum atomic E-state index is -0.652. The van der Waals surface area contributed by atoms with Crippen LogP contribution >= 0.6 is 0 Å². The molecule has 0 bridgehead atoms. The maximum Gasteiger partial charge on any atom is 0.227 e. The van der Waals surface area contributed by atoms with Gasteiger partial charge in [0.25, 0.3) is 0 Å². The predicted octanol–water partition coefficient (Wildman–Crippen LogP) is 3.96. The topological polar surface area (TPSA) is 74.8 Å². The van der Waals surface area contributed by atoms with Crippen molar-refractivity contribution in [2.45, 2.75) is 25.5 Å². The molecule has 10 heteroatoms. The number of rotatable bonds is 8. The highest BCUT2D eigenvalue weighted by molar-refractivity contribution is 5.67. The van der Waals surface area contributed by atoms with Gasteiger partial charge in [-0.25, -0.2) is 18.7 Å². The quantitative estimate of drug-likeness (QED) is 0.472. The number of methoxy groups -OCH3 is 1. The van der Waals surface area contributed by atoms with Crippen molar-refractivity contribution >= 4 is 17.3 Å². The number of piperidine rings is 1. The van der Waals surface area contributed by atoms with E-state index in [1.54, 1.807) is 7.11 Å². The fraction of sp³-hybridized carbons (Fsp3) is 0.407. The fourth-order valence-corrected chi connectivity index (χ4v) is 4.95. The van der Waals surface area contributed by atoms with Gasteiger partial charge >= 0.3 is 0 Å². The minimum absolute atomic E-state index is 0.134. The molecule has 196 valence electrons. The Morgan fingerprint density at radius 1 is 1.00 bits per heavy atom. The molecule has 2 aromatic carbocycles. The van der Waals surface area contributed by atoms with Crippen molar-refractivity contribution in [3.63, 3.8) is 0 Å². The number of nitrogens with one attached hydrogen (secondary N) is 2. The molecule has 0 aliphatic carbocycles. The summed E-state index contributed by atoms with van der Waals surface area (Å²) in [4.78, 5) is 13.5. The van der Waals surface area contributed by atoms with Gasteiger partial charge < -0.3 is 25.0 Å². The smallest absolute Gasteiger partial charge is 0.227 e. The van der Waals surface area contributed by atoms with E-state index in [2.05, 4.69) is 36.5 Å². The van der Waals surface area contributed by atoms with Crippen LogP contribution in [0, 0.1) is 11.6 Å². The van der Waals surface area contributed by atoms with Crippen LogP contribution in [0.5, 0.6) is 11.5 Å². The lowest BCUT2D eigenvalue weighted by Crippen LogP contribution is -2.52. The van der Waals surface area contributed by atoms with Crippen LogP contribution in [0.2, 0.25) is 0 Å². The van der Waals surface area contributed by atoms with Crippen molar-refractivity contribution in [3.05, 3.63) is 66.0 Å². The van der Waals surface area contributed by atoms with Gasteiger partial charge in [0.1, 0.15) is 24.0 Å². The fourth-order valence-electron chi connectivity index (χ4n) is 4.95. The van der Waals surface area contributed by atoms with Crippen LogP contribution in [0.3, 0.4) is 0 Å². The van der Waals surface area contributed by atoms with E-state index < -0.39 is 11.6 Å². The normalized spacial score (nSPS) is 17.0. The van der Waals surface area contributed by atoms with Crippen molar-refractivity contribution in [2.75, 3.05) is 56.6 Å². The zero-order valence-corrected chi connectivity index (χ0v) is 20.9.